The van der Waals surface area contributed by atoms with E-state index in [9.17, 15) is 19.7 Å². The van der Waals surface area contributed by atoms with Crippen LogP contribution in [-0.4, -0.2) is 21.2 Å². The summed E-state index contributed by atoms with van der Waals surface area (Å²) >= 11 is 4.27. The maximum atomic E-state index is 13.1. The molecule has 1 unspecified atom stereocenters. The van der Waals surface area contributed by atoms with E-state index in [0.29, 0.717) is 11.3 Å². The van der Waals surface area contributed by atoms with Crippen LogP contribution in [0.25, 0.3) is 0 Å². The summed E-state index contributed by atoms with van der Waals surface area (Å²) in [5, 5.41) is 16.5. The Morgan fingerprint density at radius 3 is 2.13 bits per heavy atom. The van der Waals surface area contributed by atoms with Crippen LogP contribution in [0, 0.1) is 17.0 Å². The summed E-state index contributed by atoms with van der Waals surface area (Å²) in [4.78, 5) is 36.6. The summed E-state index contributed by atoms with van der Waals surface area (Å²) in [7, 11) is 0. The zero-order chi connectivity index (χ0) is 22.4. The second-order valence-corrected chi connectivity index (χ2v) is 7.10. The van der Waals surface area contributed by atoms with Gasteiger partial charge in [-0.3, -0.25) is 19.2 Å². The second kappa shape index (κ2) is 9.77. The van der Waals surface area contributed by atoms with E-state index in [1.54, 1.807) is 48.5 Å². The fourth-order valence-corrected chi connectivity index (χ4v) is 3.27. The van der Waals surface area contributed by atoms with Crippen LogP contribution in [-0.2, 0) is 4.79 Å². The molecule has 0 radical (unpaired) electrons. The Hall–Kier alpha value is -3.85. The monoisotopic (exact) mass is 436 g/mol. The van der Waals surface area contributed by atoms with Crippen LogP contribution in [0.15, 0.2) is 78.9 Å². The lowest BCUT2D eigenvalue weighted by Crippen LogP contribution is -2.38. The third-order valence-electron chi connectivity index (χ3n) is 4.56. The summed E-state index contributed by atoms with van der Waals surface area (Å²) in [6, 6.07) is 19.8. The molecule has 0 aliphatic heterocycles. The summed E-state index contributed by atoms with van der Waals surface area (Å²) in [6.07, 6.45) is 0. The number of nitro groups is 1. The number of nitrogens with one attached hydrogen (secondary N) is 2. The van der Waals surface area contributed by atoms with E-state index >= 15 is 0 Å². The van der Waals surface area contributed by atoms with Crippen molar-refractivity contribution in [1.29, 1.82) is 0 Å². The minimum Gasteiger partial charge on any atom is -0.324 e. The fraction of sp³-hybridized carbons (Fsp3) is 0.0909. The maximum Gasteiger partial charge on any atom is 0.332 e. The molecule has 1 atom stereocenters. The topological polar surface area (TPSA) is 105 Å². The fourth-order valence-electron chi connectivity index (χ4n) is 2.98. The van der Waals surface area contributed by atoms with Gasteiger partial charge in [0.2, 0.25) is 0 Å². The minimum atomic E-state index is -1.09. The van der Waals surface area contributed by atoms with E-state index in [1.165, 1.54) is 18.2 Å². The third-order valence-corrected chi connectivity index (χ3v) is 4.97. The first-order valence-corrected chi connectivity index (χ1v) is 9.72. The van der Waals surface area contributed by atoms with E-state index in [2.05, 4.69) is 23.4 Å². The van der Waals surface area contributed by atoms with Crippen LogP contribution < -0.4 is 10.6 Å². The lowest BCUT2D eigenvalue weighted by atomic mass is 10.1. The number of anilines is 2. The standard InChI is InChI=1S/C22H20N4O4S/c1-15-9-5-6-12-17(15)23-21(27)20(16-10-3-2-4-11-16)25(31)22(28)24-18-13-7-8-14-19(18)26(29)30/h2-14,20,31H,1H3,(H,23,27)(H,24,28). The number of thiol groups is 1. The van der Waals surface area contributed by atoms with Crippen molar-refractivity contribution in [2.75, 3.05) is 10.6 Å². The summed E-state index contributed by atoms with van der Waals surface area (Å²) in [6.45, 7) is 1.85. The van der Waals surface area contributed by atoms with Crippen molar-refractivity contribution in [3.63, 3.8) is 0 Å². The van der Waals surface area contributed by atoms with Crippen LogP contribution in [0.1, 0.15) is 17.2 Å². The molecule has 0 bridgehead atoms. The van der Waals surface area contributed by atoms with Crippen molar-refractivity contribution in [2.24, 2.45) is 0 Å². The number of rotatable bonds is 6. The third kappa shape index (κ3) is 5.20. The first-order valence-electron chi connectivity index (χ1n) is 9.32. The van der Waals surface area contributed by atoms with Crippen LogP contribution in [0.2, 0.25) is 0 Å². The first kappa shape index (κ1) is 21.8. The van der Waals surface area contributed by atoms with Crippen molar-refractivity contribution >= 4 is 41.8 Å². The van der Waals surface area contributed by atoms with Crippen LogP contribution in [0.5, 0.6) is 0 Å². The molecule has 31 heavy (non-hydrogen) atoms. The van der Waals surface area contributed by atoms with Crippen molar-refractivity contribution in [3.8, 4) is 0 Å². The number of carbonyl (C=O) groups excluding carboxylic acids is 2. The molecule has 8 nitrogen and oxygen atoms in total. The molecule has 2 N–H and O–H groups in total. The molecule has 0 heterocycles. The second-order valence-electron chi connectivity index (χ2n) is 6.67. The molecule has 0 aliphatic rings. The van der Waals surface area contributed by atoms with Gasteiger partial charge in [0, 0.05) is 11.8 Å². The number of urea groups is 1. The van der Waals surface area contributed by atoms with Gasteiger partial charge in [0.05, 0.1) is 4.92 Å². The molecule has 0 saturated carbocycles. The molecule has 0 aromatic heterocycles. The first-order chi connectivity index (χ1) is 14.9. The molecule has 158 valence electrons. The van der Waals surface area contributed by atoms with Gasteiger partial charge in [0.25, 0.3) is 11.6 Å². The average Bonchev–Trinajstić information content (AvgIpc) is 2.76. The Balaban J connectivity index is 1.89. The number of aryl methyl sites for hydroxylation is 1. The number of hydrogen-bond acceptors (Lipinski definition) is 5. The molecule has 9 heteroatoms. The number of para-hydroxylation sites is 3. The smallest absolute Gasteiger partial charge is 0.324 e. The Labute approximate surface area is 184 Å². The predicted octanol–water partition coefficient (Wildman–Crippen LogP) is 4.96. The molecule has 3 aromatic carbocycles. The molecule has 0 fully saturated rings. The largest absolute Gasteiger partial charge is 0.332 e. The summed E-state index contributed by atoms with van der Waals surface area (Å²) in [5.41, 5.74) is 1.73. The van der Waals surface area contributed by atoms with E-state index < -0.39 is 22.9 Å². The number of nitrogens with zero attached hydrogens (tertiary/aromatic N) is 2. The van der Waals surface area contributed by atoms with Crippen LogP contribution in [0.3, 0.4) is 0 Å². The highest BCUT2D eigenvalue weighted by molar-refractivity contribution is 7.78. The maximum absolute atomic E-state index is 13.1. The van der Waals surface area contributed by atoms with Gasteiger partial charge in [-0.15, -0.1) is 0 Å². The number of nitro benzene ring substituents is 1. The lowest BCUT2D eigenvalue weighted by Gasteiger charge is -2.26. The predicted molar refractivity (Wildman–Crippen MR) is 122 cm³/mol. The number of amides is 3. The Morgan fingerprint density at radius 1 is 0.903 bits per heavy atom. The Kier molecular flexibility index (Phi) is 6.88. The number of hydrogen-bond donors (Lipinski definition) is 3. The Bertz CT molecular complexity index is 1110. The Morgan fingerprint density at radius 2 is 1.48 bits per heavy atom. The van der Waals surface area contributed by atoms with E-state index in [0.717, 1.165) is 9.87 Å². The van der Waals surface area contributed by atoms with Gasteiger partial charge in [-0.05, 0) is 30.2 Å². The molecule has 3 aromatic rings. The highest BCUT2D eigenvalue weighted by Crippen LogP contribution is 2.28. The SMILES string of the molecule is Cc1ccccc1NC(=O)C(c1ccccc1)N(S)C(=O)Nc1ccccc1[N+](=O)[O-]. The summed E-state index contributed by atoms with van der Waals surface area (Å²) < 4.78 is 0.916. The highest BCUT2D eigenvalue weighted by atomic mass is 32.1. The van der Waals surface area contributed by atoms with E-state index in [1.807, 2.05) is 19.1 Å². The number of benzene rings is 3. The quantitative estimate of drug-likeness (QED) is 0.288. The van der Waals surface area contributed by atoms with E-state index in [-0.39, 0.29) is 11.4 Å². The molecule has 0 aliphatic carbocycles. The summed E-state index contributed by atoms with van der Waals surface area (Å²) in [5.74, 6) is -0.479. The van der Waals surface area contributed by atoms with Gasteiger partial charge in [-0.25, -0.2) is 4.79 Å². The van der Waals surface area contributed by atoms with Crippen LogP contribution >= 0.6 is 12.8 Å². The van der Waals surface area contributed by atoms with Crippen molar-refractivity contribution in [2.45, 2.75) is 13.0 Å². The van der Waals surface area contributed by atoms with Gasteiger partial charge >= 0.3 is 6.03 Å². The molecule has 3 amide bonds. The minimum absolute atomic E-state index is 0.00248. The molecule has 3 rings (SSSR count). The normalized spacial score (nSPS) is 11.3. The lowest BCUT2D eigenvalue weighted by molar-refractivity contribution is -0.383. The zero-order valence-electron chi connectivity index (χ0n) is 16.6. The highest BCUT2D eigenvalue weighted by Gasteiger charge is 2.31. The van der Waals surface area contributed by atoms with Gasteiger partial charge < -0.3 is 10.6 Å². The number of carbonyl (C=O) groups is 2. The van der Waals surface area contributed by atoms with Crippen LogP contribution in [0.4, 0.5) is 21.9 Å². The molecular formula is C22H20N4O4S. The van der Waals surface area contributed by atoms with Crippen molar-refractivity contribution < 1.29 is 14.5 Å². The van der Waals surface area contributed by atoms with Crippen molar-refractivity contribution in [3.05, 3.63) is 100 Å². The van der Waals surface area contributed by atoms with Crippen molar-refractivity contribution in [1.82, 2.24) is 4.31 Å². The van der Waals surface area contributed by atoms with Gasteiger partial charge in [0.1, 0.15) is 11.7 Å². The average molecular weight is 436 g/mol. The molecule has 0 saturated heterocycles. The van der Waals surface area contributed by atoms with Gasteiger partial charge in [-0.1, -0.05) is 73.5 Å². The van der Waals surface area contributed by atoms with Gasteiger partial charge in [0.15, 0.2) is 0 Å². The molecular weight excluding hydrogens is 416 g/mol. The molecule has 0 spiro atoms. The zero-order valence-corrected chi connectivity index (χ0v) is 17.5. The van der Waals surface area contributed by atoms with Gasteiger partial charge in [-0.2, -0.15) is 0 Å². The van der Waals surface area contributed by atoms with E-state index in [4.69, 9.17) is 0 Å².